The Morgan fingerprint density at radius 3 is 2.24 bits per heavy atom. The van der Waals surface area contributed by atoms with Crippen molar-refractivity contribution in [2.45, 2.75) is 65.6 Å². The highest BCUT2D eigenvalue weighted by molar-refractivity contribution is 5.79. The molecule has 2 aliphatic rings. The van der Waals surface area contributed by atoms with E-state index in [0.717, 1.165) is 62.9 Å². The number of amides is 1. The minimum absolute atomic E-state index is 0.298. The van der Waals surface area contributed by atoms with Gasteiger partial charge in [-0.3, -0.25) is 14.6 Å². The highest BCUT2D eigenvalue weighted by atomic mass is 16.4. The summed E-state index contributed by atoms with van der Waals surface area (Å²) in [5, 5.41) is 0. The van der Waals surface area contributed by atoms with E-state index in [1.54, 1.807) is 0 Å². The summed E-state index contributed by atoms with van der Waals surface area (Å²) < 4.78 is 5.68. The molecule has 0 spiro atoms. The smallest absolute Gasteiger partial charge is 0.237 e. The van der Waals surface area contributed by atoms with Crippen LogP contribution in [0.4, 0.5) is 0 Å². The molecule has 3 rings (SSSR count). The molecule has 6 heteroatoms. The van der Waals surface area contributed by atoms with Crippen molar-refractivity contribution in [3.05, 3.63) is 17.3 Å². The molecule has 0 aliphatic carbocycles. The zero-order valence-electron chi connectivity index (χ0n) is 16.1. The molecule has 1 aromatic heterocycles. The zero-order chi connectivity index (χ0) is 18.0. The first-order valence-corrected chi connectivity index (χ1v) is 9.63. The fourth-order valence-corrected chi connectivity index (χ4v) is 4.09. The molecule has 140 valence electrons. The number of nitrogens with zero attached hydrogens (tertiary/aromatic N) is 4. The van der Waals surface area contributed by atoms with Gasteiger partial charge in [0.25, 0.3) is 0 Å². The topological polar surface area (TPSA) is 52.8 Å². The minimum Gasteiger partial charge on any atom is -0.444 e. The zero-order valence-corrected chi connectivity index (χ0v) is 16.1. The van der Waals surface area contributed by atoms with E-state index in [0.29, 0.717) is 24.5 Å². The number of oxazole rings is 1. The summed E-state index contributed by atoms with van der Waals surface area (Å²) in [7, 11) is 0. The fourth-order valence-electron chi connectivity index (χ4n) is 4.09. The van der Waals surface area contributed by atoms with Gasteiger partial charge >= 0.3 is 0 Å². The fraction of sp³-hybridized carbons (Fsp3) is 0.789. The Morgan fingerprint density at radius 1 is 1.08 bits per heavy atom. The summed E-state index contributed by atoms with van der Waals surface area (Å²) in [6.45, 7) is 13.4. The van der Waals surface area contributed by atoms with Gasteiger partial charge in [-0.25, -0.2) is 4.98 Å². The van der Waals surface area contributed by atoms with Crippen LogP contribution < -0.4 is 0 Å². The van der Waals surface area contributed by atoms with Crippen LogP contribution in [-0.4, -0.2) is 70.4 Å². The third kappa shape index (κ3) is 4.42. The van der Waals surface area contributed by atoms with Crippen LogP contribution >= 0.6 is 0 Å². The number of carbonyl (C=O) groups excluding carboxylic acids is 1. The molecule has 1 amide bonds. The maximum Gasteiger partial charge on any atom is 0.237 e. The first-order chi connectivity index (χ1) is 11.9. The van der Waals surface area contributed by atoms with Crippen molar-refractivity contribution in [2.24, 2.45) is 0 Å². The van der Waals surface area contributed by atoms with Gasteiger partial charge in [0.05, 0.1) is 18.8 Å². The average Bonchev–Trinajstić information content (AvgIpc) is 2.87. The van der Waals surface area contributed by atoms with Crippen molar-refractivity contribution >= 4 is 5.91 Å². The highest BCUT2D eigenvalue weighted by Crippen LogP contribution is 2.23. The molecule has 3 heterocycles. The lowest BCUT2D eigenvalue weighted by Crippen LogP contribution is -2.54. The third-order valence-corrected chi connectivity index (χ3v) is 5.74. The van der Waals surface area contributed by atoms with E-state index in [4.69, 9.17) is 4.42 Å². The Morgan fingerprint density at radius 2 is 1.68 bits per heavy atom. The number of hydrogen-bond acceptors (Lipinski definition) is 5. The predicted octanol–water partition coefficient (Wildman–Crippen LogP) is 2.20. The molecule has 6 nitrogen and oxygen atoms in total. The van der Waals surface area contributed by atoms with Gasteiger partial charge in [0.2, 0.25) is 11.8 Å². The minimum atomic E-state index is 0.298. The average molecular weight is 348 g/mol. The summed E-state index contributed by atoms with van der Waals surface area (Å²) in [4.78, 5) is 24.0. The van der Waals surface area contributed by atoms with Gasteiger partial charge in [-0.1, -0.05) is 0 Å². The van der Waals surface area contributed by atoms with Crippen LogP contribution in [0.1, 0.15) is 50.5 Å². The van der Waals surface area contributed by atoms with Crippen molar-refractivity contribution in [1.29, 1.82) is 0 Å². The van der Waals surface area contributed by atoms with E-state index in [9.17, 15) is 4.79 Å². The van der Waals surface area contributed by atoms with E-state index < -0.39 is 0 Å². The number of piperazine rings is 1. The molecule has 2 atom stereocenters. The monoisotopic (exact) mass is 348 g/mol. The summed E-state index contributed by atoms with van der Waals surface area (Å²) >= 11 is 0. The Balaban J connectivity index is 1.46. The lowest BCUT2D eigenvalue weighted by molar-refractivity contribution is -0.139. The number of aromatic nitrogens is 1. The van der Waals surface area contributed by atoms with Crippen LogP contribution in [0.15, 0.2) is 4.42 Å². The van der Waals surface area contributed by atoms with E-state index in [2.05, 4.69) is 33.5 Å². The Kier molecular flexibility index (Phi) is 5.79. The second-order valence-corrected chi connectivity index (χ2v) is 7.73. The molecule has 2 aliphatic heterocycles. The molecule has 2 fully saturated rings. The maximum atomic E-state index is 12.7. The number of aryl methyl sites for hydroxylation is 2. The second-order valence-electron chi connectivity index (χ2n) is 7.73. The van der Waals surface area contributed by atoms with Crippen LogP contribution in [0.5, 0.6) is 0 Å². The summed E-state index contributed by atoms with van der Waals surface area (Å²) in [6, 6.07) is 0.767. The van der Waals surface area contributed by atoms with Gasteiger partial charge in [0.1, 0.15) is 5.76 Å². The second kappa shape index (κ2) is 7.87. The number of piperidine rings is 1. The lowest BCUT2D eigenvalue weighted by Gasteiger charge is -2.41. The quantitative estimate of drug-likeness (QED) is 0.835. The first-order valence-electron chi connectivity index (χ1n) is 9.63. The van der Waals surface area contributed by atoms with Crippen LogP contribution in [0.2, 0.25) is 0 Å². The van der Waals surface area contributed by atoms with Gasteiger partial charge in [-0.05, 0) is 47.0 Å². The van der Waals surface area contributed by atoms with Crippen LogP contribution in [0.3, 0.4) is 0 Å². The van der Waals surface area contributed by atoms with Crippen molar-refractivity contribution in [2.75, 3.05) is 32.7 Å². The Hall–Kier alpha value is -1.40. The van der Waals surface area contributed by atoms with Gasteiger partial charge in [-0.2, -0.15) is 0 Å². The molecule has 0 aromatic carbocycles. The highest BCUT2D eigenvalue weighted by Gasteiger charge is 2.30. The van der Waals surface area contributed by atoms with Gasteiger partial charge in [0.15, 0.2) is 0 Å². The molecule has 2 saturated heterocycles. The molecule has 1 aromatic rings. The molecule has 0 bridgehead atoms. The van der Waals surface area contributed by atoms with Crippen molar-refractivity contribution < 1.29 is 9.21 Å². The molecule has 0 unspecified atom stereocenters. The summed E-state index contributed by atoms with van der Waals surface area (Å²) in [5.41, 5.74) is 0.976. The van der Waals surface area contributed by atoms with E-state index >= 15 is 0 Å². The van der Waals surface area contributed by atoms with E-state index in [-0.39, 0.29) is 0 Å². The normalized spacial score (nSPS) is 26.2. The maximum absolute atomic E-state index is 12.7. The summed E-state index contributed by atoms with van der Waals surface area (Å²) in [6.07, 6.45) is 3.52. The number of carbonyl (C=O) groups is 1. The predicted molar refractivity (Wildman–Crippen MR) is 97.3 cm³/mol. The number of hydrogen-bond donors (Lipinski definition) is 0. The Bertz CT molecular complexity index is 563. The largest absolute Gasteiger partial charge is 0.444 e. The molecule has 0 N–H and O–H groups in total. The van der Waals surface area contributed by atoms with Crippen molar-refractivity contribution in [3.63, 3.8) is 0 Å². The Labute approximate surface area is 151 Å². The standard InChI is InChI=1S/C19H32N4O2/c1-14-6-5-7-15(2)23(14)19(24)13-22-10-8-21(9-11-22)12-18-20-16(3)17(4)25-18/h14-15H,5-13H2,1-4H3/t14-,15-/m1/s1. The van der Waals surface area contributed by atoms with Gasteiger partial charge in [-0.15, -0.1) is 0 Å². The molecule has 25 heavy (non-hydrogen) atoms. The van der Waals surface area contributed by atoms with Crippen LogP contribution in [0, 0.1) is 13.8 Å². The van der Waals surface area contributed by atoms with Gasteiger partial charge in [0, 0.05) is 38.3 Å². The molecular weight excluding hydrogens is 316 g/mol. The molecular formula is C19H32N4O2. The van der Waals surface area contributed by atoms with E-state index in [1.165, 1.54) is 6.42 Å². The van der Waals surface area contributed by atoms with Crippen LogP contribution in [0.25, 0.3) is 0 Å². The number of rotatable bonds is 4. The van der Waals surface area contributed by atoms with Gasteiger partial charge < -0.3 is 9.32 Å². The van der Waals surface area contributed by atoms with Crippen molar-refractivity contribution in [3.8, 4) is 0 Å². The first kappa shape index (κ1) is 18.4. The SMILES string of the molecule is Cc1nc(CN2CCN(CC(=O)N3[C@H](C)CCC[C@H]3C)CC2)oc1C. The third-order valence-electron chi connectivity index (χ3n) is 5.74. The lowest BCUT2D eigenvalue weighted by atomic mass is 9.97. The van der Waals surface area contributed by atoms with Crippen molar-refractivity contribution in [1.82, 2.24) is 19.7 Å². The van der Waals surface area contributed by atoms with Crippen LogP contribution in [-0.2, 0) is 11.3 Å². The molecule has 0 radical (unpaired) electrons. The summed E-state index contributed by atoms with van der Waals surface area (Å²) in [5.74, 6) is 2.01. The number of likely N-dealkylation sites (tertiary alicyclic amines) is 1. The molecule has 0 saturated carbocycles. The van der Waals surface area contributed by atoms with E-state index in [1.807, 2.05) is 13.8 Å².